The second-order valence-electron chi connectivity index (χ2n) is 5.53. The highest BCUT2D eigenvalue weighted by Gasteiger charge is 2.34. The number of halogens is 1. The van der Waals surface area contributed by atoms with Crippen LogP contribution in [0.2, 0.25) is 0 Å². The Balaban J connectivity index is 2.23. The van der Waals surface area contributed by atoms with Crippen LogP contribution in [0.3, 0.4) is 0 Å². The number of nitrogens with one attached hydrogen (secondary N) is 2. The molecule has 2 unspecified atom stereocenters. The number of hydrogen-bond acceptors (Lipinski definition) is 4. The predicted octanol–water partition coefficient (Wildman–Crippen LogP) is 2.00. The Bertz CT molecular complexity index is 560. The zero-order valence-corrected chi connectivity index (χ0v) is 12.3. The Kier molecular flexibility index (Phi) is 4.57. The smallest absolute Gasteiger partial charge is 0.322 e. The molecule has 1 amide bonds. The molecule has 0 radical (unpaired) electrons. The van der Waals surface area contributed by atoms with E-state index in [0.29, 0.717) is 17.7 Å². The third kappa shape index (κ3) is 3.39. The molecule has 1 heterocycles. The van der Waals surface area contributed by atoms with Gasteiger partial charge < -0.3 is 10.1 Å². The molecule has 5 nitrogen and oxygen atoms in total. The fourth-order valence-corrected chi connectivity index (χ4v) is 2.45. The van der Waals surface area contributed by atoms with E-state index in [1.807, 2.05) is 13.8 Å². The number of amides is 1. The summed E-state index contributed by atoms with van der Waals surface area (Å²) < 4.78 is 18.1. The van der Waals surface area contributed by atoms with Crippen molar-refractivity contribution in [3.8, 4) is 0 Å². The van der Waals surface area contributed by atoms with Crippen LogP contribution < -0.4 is 10.6 Å². The van der Waals surface area contributed by atoms with Crippen LogP contribution in [0.4, 0.5) is 10.1 Å². The maximum absolute atomic E-state index is 13.4. The van der Waals surface area contributed by atoms with Gasteiger partial charge in [0.2, 0.25) is 5.91 Å². The average molecular weight is 294 g/mol. The topological polar surface area (TPSA) is 67.4 Å². The molecule has 114 valence electrons. The highest BCUT2D eigenvalue weighted by atomic mass is 19.1. The fourth-order valence-electron chi connectivity index (χ4n) is 2.45. The van der Waals surface area contributed by atoms with E-state index in [1.165, 1.54) is 25.3 Å². The number of benzene rings is 1. The van der Waals surface area contributed by atoms with Crippen molar-refractivity contribution in [3.05, 3.63) is 29.6 Å². The Morgan fingerprint density at radius 2 is 2.19 bits per heavy atom. The number of ether oxygens (including phenoxy) is 1. The monoisotopic (exact) mass is 294 g/mol. The maximum atomic E-state index is 13.4. The number of carbonyl (C=O) groups is 2. The Morgan fingerprint density at radius 3 is 2.81 bits per heavy atom. The lowest BCUT2D eigenvalue weighted by molar-refractivity contribution is -0.144. The standard InChI is InChI=1S/C15H19FN2O3/c1-8(2)6-12(15(20)21-3)17-13-10-7-9(16)4-5-11(10)18-14(13)19/h4-5,7-8,12-13,17H,6H2,1-3H3,(H,18,19). The minimum absolute atomic E-state index is 0.248. The van der Waals surface area contributed by atoms with Gasteiger partial charge in [-0.15, -0.1) is 0 Å². The lowest BCUT2D eigenvalue weighted by atomic mass is 10.0. The van der Waals surface area contributed by atoms with Crippen molar-refractivity contribution >= 4 is 17.6 Å². The zero-order valence-electron chi connectivity index (χ0n) is 12.3. The van der Waals surface area contributed by atoms with Crippen LogP contribution in [-0.4, -0.2) is 25.0 Å². The summed E-state index contributed by atoms with van der Waals surface area (Å²) in [6, 6.07) is 2.74. The van der Waals surface area contributed by atoms with Crippen molar-refractivity contribution in [1.82, 2.24) is 5.32 Å². The second-order valence-corrected chi connectivity index (χ2v) is 5.53. The summed E-state index contributed by atoms with van der Waals surface area (Å²) in [6.07, 6.45) is 0.529. The van der Waals surface area contributed by atoms with E-state index in [9.17, 15) is 14.0 Å². The van der Waals surface area contributed by atoms with Gasteiger partial charge in [0.05, 0.1) is 7.11 Å². The van der Waals surface area contributed by atoms with Crippen molar-refractivity contribution in [3.63, 3.8) is 0 Å². The molecular weight excluding hydrogens is 275 g/mol. The highest BCUT2D eigenvalue weighted by Crippen LogP contribution is 2.32. The van der Waals surface area contributed by atoms with Gasteiger partial charge in [-0.3, -0.25) is 14.9 Å². The molecule has 0 bridgehead atoms. The molecule has 0 aromatic heterocycles. The van der Waals surface area contributed by atoms with Gasteiger partial charge in [-0.1, -0.05) is 13.8 Å². The van der Waals surface area contributed by atoms with Gasteiger partial charge in [-0.2, -0.15) is 0 Å². The van der Waals surface area contributed by atoms with E-state index in [-0.39, 0.29) is 11.8 Å². The lowest BCUT2D eigenvalue weighted by Crippen LogP contribution is -2.43. The zero-order chi connectivity index (χ0) is 15.6. The predicted molar refractivity (Wildman–Crippen MR) is 76.2 cm³/mol. The van der Waals surface area contributed by atoms with Crippen molar-refractivity contribution in [2.24, 2.45) is 5.92 Å². The third-order valence-electron chi connectivity index (χ3n) is 3.41. The lowest BCUT2D eigenvalue weighted by Gasteiger charge is -2.21. The third-order valence-corrected chi connectivity index (χ3v) is 3.41. The number of esters is 1. The van der Waals surface area contributed by atoms with Crippen LogP contribution in [0.15, 0.2) is 18.2 Å². The number of methoxy groups -OCH3 is 1. The van der Waals surface area contributed by atoms with Crippen molar-refractivity contribution in [2.75, 3.05) is 12.4 Å². The van der Waals surface area contributed by atoms with Gasteiger partial charge >= 0.3 is 5.97 Å². The number of rotatable bonds is 5. The van der Waals surface area contributed by atoms with Crippen LogP contribution in [-0.2, 0) is 14.3 Å². The Labute approximate surface area is 122 Å². The number of carbonyl (C=O) groups excluding carboxylic acids is 2. The van der Waals surface area contributed by atoms with Gasteiger partial charge in [-0.05, 0) is 30.5 Å². The molecule has 2 atom stereocenters. The summed E-state index contributed by atoms with van der Waals surface area (Å²) in [6.45, 7) is 3.94. The van der Waals surface area contributed by atoms with Crippen molar-refractivity contribution in [1.29, 1.82) is 0 Å². The molecule has 2 N–H and O–H groups in total. The molecule has 0 saturated carbocycles. The first-order valence-corrected chi connectivity index (χ1v) is 6.86. The second kappa shape index (κ2) is 6.22. The van der Waals surface area contributed by atoms with E-state index in [1.54, 1.807) is 0 Å². The molecule has 1 aromatic carbocycles. The first-order valence-electron chi connectivity index (χ1n) is 6.86. The highest BCUT2D eigenvalue weighted by molar-refractivity contribution is 6.02. The summed E-state index contributed by atoms with van der Waals surface area (Å²) in [5, 5.41) is 5.65. The molecule has 0 aliphatic carbocycles. The number of anilines is 1. The van der Waals surface area contributed by atoms with E-state index in [0.717, 1.165) is 0 Å². The maximum Gasteiger partial charge on any atom is 0.322 e. The largest absolute Gasteiger partial charge is 0.468 e. The summed E-state index contributed by atoms with van der Waals surface area (Å²) in [7, 11) is 1.31. The molecule has 6 heteroatoms. The van der Waals surface area contributed by atoms with Gasteiger partial charge in [0.15, 0.2) is 0 Å². The van der Waals surface area contributed by atoms with Gasteiger partial charge in [0, 0.05) is 11.3 Å². The Hall–Kier alpha value is -1.95. The molecule has 1 aromatic rings. The summed E-state index contributed by atoms with van der Waals surface area (Å²) in [5.74, 6) is -0.900. The summed E-state index contributed by atoms with van der Waals surface area (Å²) in [5.41, 5.74) is 1.07. The fraction of sp³-hybridized carbons (Fsp3) is 0.467. The molecule has 0 saturated heterocycles. The molecule has 0 spiro atoms. The first kappa shape index (κ1) is 15.4. The van der Waals surface area contributed by atoms with Gasteiger partial charge in [-0.25, -0.2) is 4.39 Å². The van der Waals surface area contributed by atoms with E-state index in [2.05, 4.69) is 10.6 Å². The molecular formula is C15H19FN2O3. The molecule has 1 aliphatic rings. The van der Waals surface area contributed by atoms with Crippen LogP contribution in [0.25, 0.3) is 0 Å². The normalized spacial score (nSPS) is 18.3. The van der Waals surface area contributed by atoms with Gasteiger partial charge in [0.1, 0.15) is 17.9 Å². The summed E-state index contributed by atoms with van der Waals surface area (Å²) in [4.78, 5) is 23.9. The number of fused-ring (bicyclic) bond motifs is 1. The molecule has 0 fully saturated rings. The quantitative estimate of drug-likeness (QED) is 0.815. The number of hydrogen-bond donors (Lipinski definition) is 2. The van der Waals surface area contributed by atoms with E-state index < -0.39 is 23.9 Å². The molecule has 1 aliphatic heterocycles. The first-order chi connectivity index (χ1) is 9.92. The van der Waals surface area contributed by atoms with E-state index >= 15 is 0 Å². The average Bonchev–Trinajstić information content (AvgIpc) is 2.72. The van der Waals surface area contributed by atoms with E-state index in [4.69, 9.17) is 4.74 Å². The van der Waals surface area contributed by atoms with Crippen LogP contribution in [0.1, 0.15) is 31.9 Å². The van der Waals surface area contributed by atoms with Crippen molar-refractivity contribution in [2.45, 2.75) is 32.4 Å². The van der Waals surface area contributed by atoms with Crippen LogP contribution >= 0.6 is 0 Å². The molecule has 21 heavy (non-hydrogen) atoms. The van der Waals surface area contributed by atoms with Gasteiger partial charge in [0.25, 0.3) is 0 Å². The van der Waals surface area contributed by atoms with Crippen LogP contribution in [0, 0.1) is 11.7 Å². The van der Waals surface area contributed by atoms with Crippen molar-refractivity contribution < 1.29 is 18.7 Å². The minimum atomic E-state index is -0.751. The minimum Gasteiger partial charge on any atom is -0.468 e. The summed E-state index contributed by atoms with van der Waals surface area (Å²) >= 11 is 0. The van der Waals surface area contributed by atoms with Crippen LogP contribution in [0.5, 0.6) is 0 Å². The Morgan fingerprint density at radius 1 is 1.48 bits per heavy atom. The molecule has 2 rings (SSSR count). The SMILES string of the molecule is COC(=O)C(CC(C)C)NC1C(=O)Nc2ccc(F)cc21.